The highest BCUT2D eigenvalue weighted by Gasteiger charge is 2.26. The van der Waals surface area contributed by atoms with Crippen molar-refractivity contribution in [2.45, 2.75) is 45.8 Å². The van der Waals surface area contributed by atoms with E-state index < -0.39 is 17.8 Å². The molecule has 4 rings (SSSR count). The maximum atomic E-state index is 13.7. The van der Waals surface area contributed by atoms with E-state index in [0.29, 0.717) is 37.0 Å². The number of carbonyl (C=O) groups is 1. The van der Waals surface area contributed by atoms with Gasteiger partial charge in [0.05, 0.1) is 6.54 Å². The molecular formula is C27H34N6O4. The summed E-state index contributed by atoms with van der Waals surface area (Å²) in [5.41, 5.74) is 7.07. The van der Waals surface area contributed by atoms with Crippen LogP contribution >= 0.6 is 0 Å². The van der Waals surface area contributed by atoms with Crippen LogP contribution < -0.4 is 26.6 Å². The van der Waals surface area contributed by atoms with E-state index >= 15 is 0 Å². The lowest BCUT2D eigenvalue weighted by Crippen LogP contribution is -2.44. The molecule has 0 radical (unpaired) electrons. The molecule has 2 N–H and O–H groups in total. The number of piperidine rings is 1. The number of rotatable bonds is 9. The monoisotopic (exact) mass is 506 g/mol. The first kappa shape index (κ1) is 26.2. The highest BCUT2D eigenvalue weighted by Crippen LogP contribution is 2.23. The molecule has 3 aromatic rings. The van der Waals surface area contributed by atoms with Gasteiger partial charge in [0.1, 0.15) is 12.4 Å². The molecule has 1 saturated heterocycles. The summed E-state index contributed by atoms with van der Waals surface area (Å²) in [7, 11) is 1.57. The van der Waals surface area contributed by atoms with E-state index in [1.165, 1.54) is 4.57 Å². The van der Waals surface area contributed by atoms with Gasteiger partial charge in [-0.25, -0.2) is 4.79 Å². The molecular weight excluding hydrogens is 472 g/mol. The standard InChI is InChI=1S/C27H34N6O4/c1-5-14-37-21-10-6-8-19(15-21)22(34)17-33-25(35)23-24(30(4)27(33)36)29-26(32(23)13-11-18(2)3)31-12-7-9-20(28)16-31/h5-6,8,10-11,15,20H,1,7,9,12-14,16-17,28H2,2-4H3. The first-order chi connectivity index (χ1) is 17.7. The molecule has 1 aliphatic heterocycles. The number of allylic oxidation sites excluding steroid dienone is 2. The first-order valence-electron chi connectivity index (χ1n) is 12.4. The van der Waals surface area contributed by atoms with Crippen molar-refractivity contribution in [2.24, 2.45) is 12.8 Å². The van der Waals surface area contributed by atoms with Crippen molar-refractivity contribution >= 4 is 22.9 Å². The number of hydrogen-bond acceptors (Lipinski definition) is 7. The molecule has 1 aliphatic rings. The van der Waals surface area contributed by atoms with Gasteiger partial charge in [-0.05, 0) is 38.8 Å². The first-order valence-corrected chi connectivity index (χ1v) is 12.4. The number of benzene rings is 1. The molecule has 1 fully saturated rings. The Labute approximate surface area is 215 Å². The zero-order valence-corrected chi connectivity index (χ0v) is 21.6. The van der Waals surface area contributed by atoms with E-state index in [1.807, 2.05) is 24.5 Å². The van der Waals surface area contributed by atoms with E-state index in [0.717, 1.165) is 29.5 Å². The number of Topliss-reactive ketones (excluding diaryl/α,β-unsaturated/α-hetero) is 1. The number of aromatic nitrogens is 4. The van der Waals surface area contributed by atoms with Gasteiger partial charge in [-0.1, -0.05) is 36.4 Å². The average molecular weight is 507 g/mol. The molecule has 1 atom stereocenters. The molecule has 0 spiro atoms. The average Bonchev–Trinajstić information content (AvgIpc) is 3.27. The molecule has 1 aromatic carbocycles. The number of carbonyl (C=O) groups excluding carboxylic acids is 1. The molecule has 3 heterocycles. The second-order valence-electron chi connectivity index (χ2n) is 9.61. The van der Waals surface area contributed by atoms with E-state index in [-0.39, 0.29) is 23.0 Å². The fraction of sp³-hybridized carbons (Fsp3) is 0.407. The van der Waals surface area contributed by atoms with Crippen LogP contribution in [0.4, 0.5) is 5.95 Å². The Morgan fingerprint density at radius 1 is 1.27 bits per heavy atom. The molecule has 1 unspecified atom stereocenters. The quantitative estimate of drug-likeness (QED) is 0.349. The number of hydrogen-bond donors (Lipinski definition) is 1. The van der Waals surface area contributed by atoms with Crippen molar-refractivity contribution in [1.82, 2.24) is 18.7 Å². The third-order valence-electron chi connectivity index (χ3n) is 6.46. The molecule has 0 amide bonds. The maximum absolute atomic E-state index is 13.7. The number of fused-ring (bicyclic) bond motifs is 1. The van der Waals surface area contributed by atoms with E-state index in [4.69, 9.17) is 15.5 Å². The van der Waals surface area contributed by atoms with Crippen LogP contribution in [-0.2, 0) is 20.1 Å². The number of ketones is 1. The maximum Gasteiger partial charge on any atom is 0.332 e. The number of nitrogens with zero attached hydrogens (tertiary/aromatic N) is 5. The Bertz CT molecular complexity index is 1470. The van der Waals surface area contributed by atoms with Crippen LogP contribution in [0.1, 0.15) is 37.0 Å². The van der Waals surface area contributed by atoms with Crippen LogP contribution in [0.25, 0.3) is 11.2 Å². The van der Waals surface area contributed by atoms with Crippen molar-refractivity contribution in [2.75, 3.05) is 24.6 Å². The van der Waals surface area contributed by atoms with E-state index in [2.05, 4.69) is 11.5 Å². The van der Waals surface area contributed by atoms with Gasteiger partial charge >= 0.3 is 5.69 Å². The Morgan fingerprint density at radius 3 is 2.76 bits per heavy atom. The molecule has 2 aromatic heterocycles. The lowest BCUT2D eigenvalue weighted by Gasteiger charge is -2.31. The van der Waals surface area contributed by atoms with Gasteiger partial charge in [0, 0.05) is 38.3 Å². The fourth-order valence-corrected chi connectivity index (χ4v) is 4.53. The number of ether oxygens (including phenoxy) is 1. The molecule has 196 valence electrons. The summed E-state index contributed by atoms with van der Waals surface area (Å²) in [4.78, 5) is 46.9. The Hall–Kier alpha value is -3.92. The number of imidazole rings is 1. The lowest BCUT2D eigenvalue weighted by molar-refractivity contribution is 0.0968. The van der Waals surface area contributed by atoms with Crippen LogP contribution in [0.5, 0.6) is 5.75 Å². The second kappa shape index (κ2) is 11.0. The number of anilines is 1. The topological polar surface area (TPSA) is 117 Å². The highest BCUT2D eigenvalue weighted by atomic mass is 16.5. The molecule has 10 heteroatoms. The normalized spacial score (nSPS) is 15.6. The van der Waals surface area contributed by atoms with Gasteiger partial charge in [-0.3, -0.25) is 18.7 Å². The Kier molecular flexibility index (Phi) is 7.77. The second-order valence-corrected chi connectivity index (χ2v) is 9.61. The number of nitrogens with two attached hydrogens (primary N) is 1. The van der Waals surface area contributed by atoms with Crippen molar-refractivity contribution < 1.29 is 9.53 Å². The summed E-state index contributed by atoms with van der Waals surface area (Å²) >= 11 is 0. The van der Waals surface area contributed by atoms with Crippen LogP contribution in [0, 0.1) is 0 Å². The molecule has 10 nitrogen and oxygen atoms in total. The Balaban J connectivity index is 1.81. The zero-order chi connectivity index (χ0) is 26.7. The number of aryl methyl sites for hydroxylation is 1. The summed E-state index contributed by atoms with van der Waals surface area (Å²) in [6.07, 6.45) is 5.46. The van der Waals surface area contributed by atoms with Gasteiger partial charge in [0.25, 0.3) is 5.56 Å². The largest absolute Gasteiger partial charge is 0.490 e. The molecule has 0 aliphatic carbocycles. The van der Waals surface area contributed by atoms with Gasteiger partial charge in [-0.15, -0.1) is 0 Å². The van der Waals surface area contributed by atoms with Crippen LogP contribution in [0.3, 0.4) is 0 Å². The fourth-order valence-electron chi connectivity index (χ4n) is 4.53. The van der Waals surface area contributed by atoms with E-state index in [1.54, 1.807) is 37.4 Å². The predicted molar refractivity (Wildman–Crippen MR) is 145 cm³/mol. The highest BCUT2D eigenvalue weighted by molar-refractivity contribution is 5.96. The zero-order valence-electron chi connectivity index (χ0n) is 21.6. The smallest absolute Gasteiger partial charge is 0.332 e. The van der Waals surface area contributed by atoms with Gasteiger partial charge in [0.2, 0.25) is 5.95 Å². The predicted octanol–water partition coefficient (Wildman–Crippen LogP) is 2.24. The van der Waals surface area contributed by atoms with Gasteiger partial charge in [0.15, 0.2) is 16.9 Å². The summed E-state index contributed by atoms with van der Waals surface area (Å²) in [6, 6.07) is 6.66. The lowest BCUT2D eigenvalue weighted by atomic mass is 10.1. The van der Waals surface area contributed by atoms with Crippen molar-refractivity contribution in [3.63, 3.8) is 0 Å². The molecule has 0 bridgehead atoms. The van der Waals surface area contributed by atoms with Crippen molar-refractivity contribution in [3.8, 4) is 5.75 Å². The minimum Gasteiger partial charge on any atom is -0.490 e. The summed E-state index contributed by atoms with van der Waals surface area (Å²) in [6.45, 7) is 9.26. The van der Waals surface area contributed by atoms with Crippen molar-refractivity contribution in [1.29, 1.82) is 0 Å². The minimum atomic E-state index is -0.598. The van der Waals surface area contributed by atoms with Crippen molar-refractivity contribution in [3.05, 3.63) is 75.0 Å². The summed E-state index contributed by atoms with van der Waals surface area (Å²) < 4.78 is 9.66. The molecule has 37 heavy (non-hydrogen) atoms. The van der Waals surface area contributed by atoms with Gasteiger partial charge < -0.3 is 19.9 Å². The molecule has 0 saturated carbocycles. The van der Waals surface area contributed by atoms with E-state index in [9.17, 15) is 14.4 Å². The van der Waals surface area contributed by atoms with Crippen LogP contribution in [0.15, 0.2) is 58.2 Å². The third-order valence-corrected chi connectivity index (χ3v) is 6.46. The van der Waals surface area contributed by atoms with Crippen LogP contribution in [0.2, 0.25) is 0 Å². The Morgan fingerprint density at radius 2 is 2.05 bits per heavy atom. The summed E-state index contributed by atoms with van der Waals surface area (Å²) in [5.74, 6) is 0.733. The minimum absolute atomic E-state index is 0.00906. The summed E-state index contributed by atoms with van der Waals surface area (Å²) in [5, 5.41) is 0. The SMILES string of the molecule is C=CCOc1cccc(C(=O)Cn2c(=O)c3c(nc(N4CCCC(N)C4)n3CC=C(C)C)n(C)c2=O)c1. The van der Waals surface area contributed by atoms with Gasteiger partial charge in [-0.2, -0.15) is 4.98 Å². The van der Waals surface area contributed by atoms with Crippen LogP contribution in [-0.4, -0.2) is 50.2 Å². The third kappa shape index (κ3) is 5.43.